The van der Waals surface area contributed by atoms with E-state index in [4.69, 9.17) is 11.6 Å². The average Bonchev–Trinajstić information content (AvgIpc) is 3.22. The minimum Gasteiger partial charge on any atom is -0.370 e. The Balaban J connectivity index is 1.92. The van der Waals surface area contributed by atoms with Crippen molar-refractivity contribution in [2.45, 2.75) is 44.7 Å². The number of hydrogen-bond acceptors (Lipinski definition) is 2. The fraction of sp³-hybridized carbons (Fsp3) is 0.500. The Kier molecular flexibility index (Phi) is 4.18. The van der Waals surface area contributed by atoms with Crippen molar-refractivity contribution in [3.05, 3.63) is 40.2 Å². The fourth-order valence-electron chi connectivity index (χ4n) is 3.94. The third-order valence-electron chi connectivity index (χ3n) is 5.07. The van der Waals surface area contributed by atoms with E-state index < -0.39 is 11.9 Å². The molecule has 25 heavy (non-hydrogen) atoms. The number of fused-ring (bicyclic) bond motifs is 1. The van der Waals surface area contributed by atoms with E-state index in [0.29, 0.717) is 34.8 Å². The summed E-state index contributed by atoms with van der Waals surface area (Å²) >= 11 is 6.44. The third-order valence-corrected chi connectivity index (χ3v) is 5.38. The van der Waals surface area contributed by atoms with Gasteiger partial charge in [-0.1, -0.05) is 17.7 Å². The third kappa shape index (κ3) is 2.90. The van der Waals surface area contributed by atoms with Crippen LogP contribution in [0.1, 0.15) is 42.6 Å². The molecule has 2 heterocycles. The lowest BCUT2D eigenvalue weighted by atomic mass is 9.95. The molecule has 0 unspecified atom stereocenters. The maximum Gasteiger partial charge on any atom is 0.435 e. The van der Waals surface area contributed by atoms with Gasteiger partial charge in [0, 0.05) is 24.3 Å². The molecule has 3 nitrogen and oxygen atoms in total. The Bertz CT molecular complexity index is 792. The first-order chi connectivity index (χ1) is 12.0. The van der Waals surface area contributed by atoms with Crippen LogP contribution in [0.25, 0.3) is 5.69 Å². The number of benzene rings is 1. The minimum atomic E-state index is -4.44. The largest absolute Gasteiger partial charge is 0.435 e. The summed E-state index contributed by atoms with van der Waals surface area (Å²) in [5, 5.41) is 4.45. The SMILES string of the molecule is FC(F)(F)c1nn(-c2c(Cl)cccc2N2CCCC2)c2c1CCCC2. The summed E-state index contributed by atoms with van der Waals surface area (Å²) in [6.45, 7) is 1.78. The number of para-hydroxylation sites is 1. The van der Waals surface area contributed by atoms with Crippen LogP contribution in [0.3, 0.4) is 0 Å². The lowest BCUT2D eigenvalue weighted by molar-refractivity contribution is -0.142. The highest BCUT2D eigenvalue weighted by Crippen LogP contribution is 2.40. The molecule has 0 bridgehead atoms. The van der Waals surface area contributed by atoms with Crippen molar-refractivity contribution in [3.8, 4) is 5.69 Å². The Morgan fingerprint density at radius 3 is 2.44 bits per heavy atom. The highest BCUT2D eigenvalue weighted by atomic mass is 35.5. The van der Waals surface area contributed by atoms with Crippen molar-refractivity contribution in [3.63, 3.8) is 0 Å². The highest BCUT2D eigenvalue weighted by Gasteiger charge is 2.40. The van der Waals surface area contributed by atoms with Gasteiger partial charge >= 0.3 is 6.18 Å². The van der Waals surface area contributed by atoms with Crippen molar-refractivity contribution < 1.29 is 13.2 Å². The van der Waals surface area contributed by atoms with Gasteiger partial charge < -0.3 is 4.90 Å². The second-order valence-electron chi connectivity index (χ2n) is 6.69. The lowest BCUT2D eigenvalue weighted by Gasteiger charge is -2.23. The van der Waals surface area contributed by atoms with E-state index in [2.05, 4.69) is 10.00 Å². The minimum absolute atomic E-state index is 0.339. The van der Waals surface area contributed by atoms with E-state index in [1.54, 1.807) is 6.07 Å². The Hall–Kier alpha value is -1.69. The van der Waals surface area contributed by atoms with E-state index in [-0.39, 0.29) is 0 Å². The molecule has 0 spiro atoms. The van der Waals surface area contributed by atoms with E-state index in [0.717, 1.165) is 44.5 Å². The molecule has 0 N–H and O–H groups in total. The molecule has 1 aromatic carbocycles. The van der Waals surface area contributed by atoms with Crippen LogP contribution in [-0.2, 0) is 19.0 Å². The first kappa shape index (κ1) is 16.8. The summed E-state index contributed by atoms with van der Waals surface area (Å²) < 4.78 is 41.9. The number of rotatable bonds is 2. The van der Waals surface area contributed by atoms with Crippen LogP contribution < -0.4 is 4.90 Å². The number of aromatic nitrogens is 2. The number of halogens is 4. The zero-order valence-electron chi connectivity index (χ0n) is 13.7. The van der Waals surface area contributed by atoms with Crippen LogP contribution >= 0.6 is 11.6 Å². The quantitative estimate of drug-likeness (QED) is 0.740. The second-order valence-corrected chi connectivity index (χ2v) is 7.10. The summed E-state index contributed by atoms with van der Waals surface area (Å²) in [7, 11) is 0. The summed E-state index contributed by atoms with van der Waals surface area (Å²) in [6.07, 6.45) is 0.384. The van der Waals surface area contributed by atoms with Crippen molar-refractivity contribution in [2.24, 2.45) is 0 Å². The van der Waals surface area contributed by atoms with E-state index in [1.807, 2.05) is 12.1 Å². The van der Waals surface area contributed by atoms with Gasteiger partial charge in [-0.3, -0.25) is 0 Å². The summed E-state index contributed by atoms with van der Waals surface area (Å²) in [4.78, 5) is 2.19. The second kappa shape index (κ2) is 6.24. The van der Waals surface area contributed by atoms with Gasteiger partial charge in [0.25, 0.3) is 0 Å². The number of nitrogens with zero attached hydrogens (tertiary/aromatic N) is 3. The van der Waals surface area contributed by atoms with Gasteiger partial charge in [-0.25, -0.2) is 4.68 Å². The molecule has 2 aromatic rings. The first-order valence-corrected chi connectivity index (χ1v) is 9.06. The maximum absolute atomic E-state index is 13.5. The van der Waals surface area contributed by atoms with Crippen LogP contribution in [0.15, 0.2) is 18.2 Å². The molecule has 0 saturated carbocycles. The molecule has 2 aliphatic rings. The smallest absolute Gasteiger partial charge is 0.370 e. The number of hydrogen-bond donors (Lipinski definition) is 0. The van der Waals surface area contributed by atoms with Crippen LogP contribution in [-0.4, -0.2) is 22.9 Å². The highest BCUT2D eigenvalue weighted by molar-refractivity contribution is 6.33. The van der Waals surface area contributed by atoms with Gasteiger partial charge in [0.05, 0.1) is 10.7 Å². The molecular formula is C18H19ClF3N3. The predicted octanol–water partition coefficient (Wildman–Crippen LogP) is 5.02. The molecule has 0 amide bonds. The molecule has 0 atom stereocenters. The van der Waals surface area contributed by atoms with Crippen LogP contribution in [0.5, 0.6) is 0 Å². The topological polar surface area (TPSA) is 21.1 Å². The van der Waals surface area contributed by atoms with Gasteiger partial charge in [-0.05, 0) is 50.7 Å². The molecular weight excluding hydrogens is 351 g/mol. The Morgan fingerprint density at radius 2 is 1.72 bits per heavy atom. The van der Waals surface area contributed by atoms with Gasteiger partial charge in [0.1, 0.15) is 5.69 Å². The van der Waals surface area contributed by atoms with Gasteiger partial charge in [-0.15, -0.1) is 0 Å². The van der Waals surface area contributed by atoms with Crippen LogP contribution in [0.2, 0.25) is 5.02 Å². The van der Waals surface area contributed by atoms with E-state index in [9.17, 15) is 13.2 Å². The lowest BCUT2D eigenvalue weighted by Crippen LogP contribution is -2.21. The van der Waals surface area contributed by atoms with Gasteiger partial charge in [0.15, 0.2) is 5.69 Å². The van der Waals surface area contributed by atoms with Crippen molar-refractivity contribution >= 4 is 17.3 Å². The zero-order chi connectivity index (χ0) is 17.6. The molecule has 0 radical (unpaired) electrons. The molecule has 134 valence electrons. The van der Waals surface area contributed by atoms with Gasteiger partial charge in [0.2, 0.25) is 0 Å². The molecule has 1 aliphatic heterocycles. The van der Waals surface area contributed by atoms with Crippen LogP contribution in [0, 0.1) is 0 Å². The van der Waals surface area contributed by atoms with Gasteiger partial charge in [-0.2, -0.15) is 18.3 Å². The van der Waals surface area contributed by atoms with Crippen molar-refractivity contribution in [1.82, 2.24) is 9.78 Å². The maximum atomic E-state index is 13.5. The Morgan fingerprint density at radius 1 is 1.00 bits per heavy atom. The zero-order valence-corrected chi connectivity index (χ0v) is 14.5. The summed E-state index contributed by atoms with van der Waals surface area (Å²) in [5.74, 6) is 0. The average molecular weight is 370 g/mol. The Labute approximate surface area is 149 Å². The van der Waals surface area contributed by atoms with Crippen molar-refractivity contribution in [1.29, 1.82) is 0 Å². The summed E-state index contributed by atoms with van der Waals surface area (Å²) in [6, 6.07) is 5.50. The molecule has 7 heteroatoms. The normalized spacial score (nSPS) is 17.8. The van der Waals surface area contributed by atoms with E-state index in [1.165, 1.54) is 4.68 Å². The predicted molar refractivity (Wildman–Crippen MR) is 91.7 cm³/mol. The number of anilines is 1. The summed E-state index contributed by atoms with van der Waals surface area (Å²) in [5.41, 5.74) is 1.70. The fourth-order valence-corrected chi connectivity index (χ4v) is 4.19. The van der Waals surface area contributed by atoms with Crippen molar-refractivity contribution in [2.75, 3.05) is 18.0 Å². The first-order valence-electron chi connectivity index (χ1n) is 8.68. The molecule has 1 aliphatic carbocycles. The standard InChI is InChI=1S/C18H19ClF3N3/c19-13-7-5-9-15(24-10-3-4-11-24)16(13)25-14-8-2-1-6-12(14)17(23-25)18(20,21)22/h5,7,9H,1-4,6,8,10-11H2. The van der Waals surface area contributed by atoms with Crippen LogP contribution in [0.4, 0.5) is 18.9 Å². The molecule has 1 aromatic heterocycles. The van der Waals surface area contributed by atoms with E-state index >= 15 is 0 Å². The molecule has 1 saturated heterocycles. The molecule has 4 rings (SSSR count). The molecule has 1 fully saturated rings. The monoisotopic (exact) mass is 369 g/mol. The number of alkyl halides is 3.